The standard InChI is InChI=1S/C16H15BrN2O/c1-10-2-5-13(9-14(10)17)19-16(20)12-4-3-11-6-7-18-15(11)8-12/h2-5,8-9,18H,6-7H2,1H3,(H,19,20). The molecule has 2 N–H and O–H groups in total. The molecule has 1 aliphatic rings. The maximum atomic E-state index is 12.3. The molecular formula is C16H15BrN2O. The topological polar surface area (TPSA) is 41.1 Å². The average molecular weight is 331 g/mol. The Morgan fingerprint density at radius 1 is 1.25 bits per heavy atom. The number of anilines is 2. The summed E-state index contributed by atoms with van der Waals surface area (Å²) in [5.41, 5.74) is 4.96. The zero-order valence-electron chi connectivity index (χ0n) is 11.2. The molecule has 2 aromatic rings. The summed E-state index contributed by atoms with van der Waals surface area (Å²) in [6.45, 7) is 2.97. The van der Waals surface area contributed by atoms with E-state index in [4.69, 9.17) is 0 Å². The molecule has 1 aliphatic heterocycles. The van der Waals surface area contributed by atoms with Crippen molar-refractivity contribution in [3.05, 3.63) is 57.6 Å². The normalized spacial score (nSPS) is 12.7. The van der Waals surface area contributed by atoms with Crippen LogP contribution in [0.25, 0.3) is 0 Å². The monoisotopic (exact) mass is 330 g/mol. The van der Waals surface area contributed by atoms with Crippen molar-refractivity contribution in [2.45, 2.75) is 13.3 Å². The molecule has 3 nitrogen and oxygen atoms in total. The smallest absolute Gasteiger partial charge is 0.255 e. The predicted octanol–water partition coefficient (Wildman–Crippen LogP) is 3.98. The first-order chi connectivity index (χ1) is 9.63. The van der Waals surface area contributed by atoms with Gasteiger partial charge in [0, 0.05) is 28.0 Å². The minimum atomic E-state index is -0.0859. The first-order valence-corrected chi connectivity index (χ1v) is 7.37. The minimum absolute atomic E-state index is 0.0859. The van der Waals surface area contributed by atoms with E-state index in [-0.39, 0.29) is 5.91 Å². The number of nitrogens with one attached hydrogen (secondary N) is 2. The number of benzene rings is 2. The van der Waals surface area contributed by atoms with Gasteiger partial charge in [0.15, 0.2) is 0 Å². The van der Waals surface area contributed by atoms with Gasteiger partial charge in [-0.05, 0) is 48.7 Å². The van der Waals surface area contributed by atoms with Crippen LogP contribution in [0.3, 0.4) is 0 Å². The van der Waals surface area contributed by atoms with E-state index in [9.17, 15) is 4.79 Å². The molecule has 0 radical (unpaired) electrons. The Labute approximate surface area is 126 Å². The lowest BCUT2D eigenvalue weighted by atomic mass is 10.1. The maximum absolute atomic E-state index is 12.3. The quantitative estimate of drug-likeness (QED) is 0.874. The third-order valence-electron chi connectivity index (χ3n) is 3.51. The van der Waals surface area contributed by atoms with Gasteiger partial charge in [-0.25, -0.2) is 0 Å². The van der Waals surface area contributed by atoms with Crippen molar-refractivity contribution in [2.75, 3.05) is 17.2 Å². The van der Waals surface area contributed by atoms with Crippen LogP contribution in [0.2, 0.25) is 0 Å². The Hall–Kier alpha value is -1.81. The van der Waals surface area contributed by atoms with E-state index >= 15 is 0 Å². The summed E-state index contributed by atoms with van der Waals surface area (Å²) in [5.74, 6) is -0.0859. The molecular weight excluding hydrogens is 316 g/mol. The van der Waals surface area contributed by atoms with Crippen molar-refractivity contribution in [3.8, 4) is 0 Å². The summed E-state index contributed by atoms with van der Waals surface area (Å²) < 4.78 is 0.992. The van der Waals surface area contributed by atoms with Gasteiger partial charge in [-0.1, -0.05) is 28.1 Å². The van der Waals surface area contributed by atoms with Gasteiger partial charge < -0.3 is 10.6 Å². The fourth-order valence-electron chi connectivity index (χ4n) is 2.31. The van der Waals surface area contributed by atoms with Gasteiger partial charge in [0.05, 0.1) is 0 Å². The van der Waals surface area contributed by atoms with Gasteiger partial charge in [0.2, 0.25) is 0 Å². The molecule has 0 saturated heterocycles. The number of carbonyl (C=O) groups excluding carboxylic acids is 1. The highest BCUT2D eigenvalue weighted by molar-refractivity contribution is 9.10. The lowest BCUT2D eigenvalue weighted by Gasteiger charge is -2.08. The molecule has 2 aromatic carbocycles. The molecule has 1 heterocycles. The zero-order valence-corrected chi connectivity index (χ0v) is 12.8. The molecule has 20 heavy (non-hydrogen) atoms. The van der Waals surface area contributed by atoms with Crippen LogP contribution in [0.1, 0.15) is 21.5 Å². The van der Waals surface area contributed by atoms with Crippen molar-refractivity contribution in [1.29, 1.82) is 0 Å². The number of rotatable bonds is 2. The molecule has 0 unspecified atom stereocenters. The summed E-state index contributed by atoms with van der Waals surface area (Å²) >= 11 is 3.47. The third-order valence-corrected chi connectivity index (χ3v) is 4.37. The summed E-state index contributed by atoms with van der Waals surface area (Å²) in [5, 5.41) is 6.21. The van der Waals surface area contributed by atoms with Crippen LogP contribution >= 0.6 is 15.9 Å². The molecule has 0 aliphatic carbocycles. The third kappa shape index (κ3) is 2.56. The number of halogens is 1. The lowest BCUT2D eigenvalue weighted by Crippen LogP contribution is -2.12. The highest BCUT2D eigenvalue weighted by Crippen LogP contribution is 2.24. The first-order valence-electron chi connectivity index (χ1n) is 6.58. The second-order valence-electron chi connectivity index (χ2n) is 4.97. The number of amides is 1. The first kappa shape index (κ1) is 13.2. The lowest BCUT2D eigenvalue weighted by molar-refractivity contribution is 0.102. The van der Waals surface area contributed by atoms with Gasteiger partial charge in [-0.2, -0.15) is 0 Å². The number of aryl methyl sites for hydroxylation is 1. The Balaban J connectivity index is 1.80. The van der Waals surface area contributed by atoms with Crippen LogP contribution < -0.4 is 10.6 Å². The number of fused-ring (bicyclic) bond motifs is 1. The molecule has 0 aromatic heterocycles. The fourth-order valence-corrected chi connectivity index (χ4v) is 2.68. The van der Waals surface area contributed by atoms with Gasteiger partial charge in [-0.3, -0.25) is 4.79 Å². The molecule has 0 atom stereocenters. The molecule has 0 saturated carbocycles. The summed E-state index contributed by atoms with van der Waals surface area (Å²) in [6.07, 6.45) is 1.03. The van der Waals surface area contributed by atoms with E-state index in [0.717, 1.165) is 34.4 Å². The van der Waals surface area contributed by atoms with Crippen molar-refractivity contribution in [2.24, 2.45) is 0 Å². The highest BCUT2D eigenvalue weighted by atomic mass is 79.9. The largest absolute Gasteiger partial charge is 0.384 e. The Morgan fingerprint density at radius 3 is 2.90 bits per heavy atom. The molecule has 0 fully saturated rings. The number of hydrogen-bond acceptors (Lipinski definition) is 2. The van der Waals surface area contributed by atoms with Gasteiger partial charge in [-0.15, -0.1) is 0 Å². The average Bonchev–Trinajstić information content (AvgIpc) is 2.90. The van der Waals surface area contributed by atoms with Crippen LogP contribution in [-0.4, -0.2) is 12.5 Å². The van der Waals surface area contributed by atoms with Crippen LogP contribution in [-0.2, 0) is 6.42 Å². The van der Waals surface area contributed by atoms with Crippen LogP contribution in [0.15, 0.2) is 40.9 Å². The maximum Gasteiger partial charge on any atom is 0.255 e. The van der Waals surface area contributed by atoms with Gasteiger partial charge in [0.1, 0.15) is 0 Å². The van der Waals surface area contributed by atoms with Crippen LogP contribution in [0, 0.1) is 6.92 Å². The molecule has 4 heteroatoms. The number of carbonyl (C=O) groups is 1. The second kappa shape index (κ2) is 5.29. The molecule has 102 valence electrons. The predicted molar refractivity (Wildman–Crippen MR) is 85.5 cm³/mol. The zero-order chi connectivity index (χ0) is 14.1. The highest BCUT2D eigenvalue weighted by Gasteiger charge is 2.13. The van der Waals surface area contributed by atoms with E-state index in [2.05, 4.69) is 26.6 Å². The minimum Gasteiger partial charge on any atom is -0.384 e. The van der Waals surface area contributed by atoms with Gasteiger partial charge >= 0.3 is 0 Å². The van der Waals surface area contributed by atoms with E-state index in [0.29, 0.717) is 5.56 Å². The van der Waals surface area contributed by atoms with E-state index in [1.807, 2.05) is 43.3 Å². The Kier molecular flexibility index (Phi) is 3.49. The van der Waals surface area contributed by atoms with Crippen molar-refractivity contribution in [3.63, 3.8) is 0 Å². The molecule has 0 spiro atoms. The molecule has 0 bridgehead atoms. The van der Waals surface area contributed by atoms with Gasteiger partial charge in [0.25, 0.3) is 5.91 Å². The second-order valence-corrected chi connectivity index (χ2v) is 5.82. The molecule has 1 amide bonds. The van der Waals surface area contributed by atoms with Crippen LogP contribution in [0.5, 0.6) is 0 Å². The SMILES string of the molecule is Cc1ccc(NC(=O)c2ccc3c(c2)NCC3)cc1Br. The summed E-state index contributed by atoms with van der Waals surface area (Å²) in [6, 6.07) is 11.6. The van der Waals surface area contributed by atoms with E-state index in [1.165, 1.54) is 5.56 Å². The van der Waals surface area contributed by atoms with Crippen molar-refractivity contribution >= 4 is 33.2 Å². The summed E-state index contributed by atoms with van der Waals surface area (Å²) in [4.78, 5) is 12.3. The Morgan fingerprint density at radius 2 is 2.10 bits per heavy atom. The summed E-state index contributed by atoms with van der Waals surface area (Å²) in [7, 11) is 0. The molecule has 3 rings (SSSR count). The van der Waals surface area contributed by atoms with Crippen molar-refractivity contribution < 1.29 is 4.79 Å². The van der Waals surface area contributed by atoms with E-state index < -0.39 is 0 Å². The number of hydrogen-bond donors (Lipinski definition) is 2. The Bertz CT molecular complexity index is 682. The fraction of sp³-hybridized carbons (Fsp3) is 0.188. The van der Waals surface area contributed by atoms with E-state index in [1.54, 1.807) is 0 Å². The van der Waals surface area contributed by atoms with Crippen molar-refractivity contribution in [1.82, 2.24) is 0 Å². The van der Waals surface area contributed by atoms with Crippen LogP contribution in [0.4, 0.5) is 11.4 Å².